The Labute approximate surface area is 121 Å². The lowest BCUT2D eigenvalue weighted by atomic mass is 9.68. The van der Waals surface area contributed by atoms with Gasteiger partial charge in [0.25, 0.3) is 0 Å². The van der Waals surface area contributed by atoms with Gasteiger partial charge in [-0.25, -0.2) is 8.78 Å². The first-order valence-corrected chi connectivity index (χ1v) is 7.81. The lowest BCUT2D eigenvalue weighted by Crippen LogP contribution is -2.25. The largest absolute Gasteiger partial charge is 0.203 e. The summed E-state index contributed by atoms with van der Waals surface area (Å²) in [6.07, 6.45) is 4.73. The SMILES string of the molecule is CCc1ccc(C2CCC(C(C)(C)C)CC2)c(F)c1F. The van der Waals surface area contributed by atoms with Crippen molar-refractivity contribution in [2.75, 3.05) is 0 Å². The molecule has 1 aromatic rings. The predicted molar refractivity (Wildman–Crippen MR) is 79.9 cm³/mol. The molecule has 1 saturated carbocycles. The summed E-state index contributed by atoms with van der Waals surface area (Å²) in [4.78, 5) is 0. The second-order valence-electron chi connectivity index (χ2n) is 7.21. The quantitative estimate of drug-likeness (QED) is 0.637. The van der Waals surface area contributed by atoms with Crippen molar-refractivity contribution in [1.29, 1.82) is 0 Å². The maximum Gasteiger partial charge on any atom is 0.162 e. The van der Waals surface area contributed by atoms with E-state index in [0.29, 0.717) is 28.9 Å². The first-order chi connectivity index (χ1) is 9.34. The number of rotatable bonds is 2. The van der Waals surface area contributed by atoms with Crippen LogP contribution in [0.2, 0.25) is 0 Å². The van der Waals surface area contributed by atoms with Gasteiger partial charge in [-0.1, -0.05) is 39.8 Å². The van der Waals surface area contributed by atoms with Crippen molar-refractivity contribution in [1.82, 2.24) is 0 Å². The van der Waals surface area contributed by atoms with Crippen molar-refractivity contribution in [3.05, 3.63) is 34.9 Å². The molecule has 0 aliphatic heterocycles. The molecule has 2 rings (SSSR count). The third-order valence-corrected chi connectivity index (χ3v) is 4.96. The van der Waals surface area contributed by atoms with Crippen molar-refractivity contribution in [2.24, 2.45) is 11.3 Å². The van der Waals surface area contributed by atoms with E-state index in [2.05, 4.69) is 20.8 Å². The molecule has 0 amide bonds. The summed E-state index contributed by atoms with van der Waals surface area (Å²) in [7, 11) is 0. The van der Waals surface area contributed by atoms with Gasteiger partial charge < -0.3 is 0 Å². The molecule has 0 bridgehead atoms. The van der Waals surface area contributed by atoms with E-state index in [9.17, 15) is 8.78 Å². The van der Waals surface area contributed by atoms with Crippen LogP contribution in [0.3, 0.4) is 0 Å². The maximum atomic E-state index is 14.2. The minimum Gasteiger partial charge on any atom is -0.203 e. The molecule has 0 radical (unpaired) electrons. The Hall–Kier alpha value is -0.920. The van der Waals surface area contributed by atoms with Gasteiger partial charge in [0.15, 0.2) is 11.6 Å². The van der Waals surface area contributed by atoms with Crippen LogP contribution >= 0.6 is 0 Å². The van der Waals surface area contributed by atoms with E-state index in [1.165, 1.54) is 0 Å². The molecular weight excluding hydrogens is 254 g/mol. The fraction of sp³-hybridized carbons (Fsp3) is 0.667. The van der Waals surface area contributed by atoms with Crippen LogP contribution in [0, 0.1) is 23.0 Å². The van der Waals surface area contributed by atoms with Gasteiger partial charge in [0.1, 0.15) is 0 Å². The lowest BCUT2D eigenvalue weighted by molar-refractivity contribution is 0.168. The zero-order valence-electron chi connectivity index (χ0n) is 13.1. The summed E-state index contributed by atoms with van der Waals surface area (Å²) in [6, 6.07) is 3.56. The number of hydrogen-bond donors (Lipinski definition) is 0. The van der Waals surface area contributed by atoms with E-state index in [-0.39, 0.29) is 5.92 Å². The Bertz CT molecular complexity index is 463. The van der Waals surface area contributed by atoms with E-state index < -0.39 is 11.6 Å². The smallest absolute Gasteiger partial charge is 0.162 e. The van der Waals surface area contributed by atoms with Crippen LogP contribution in [-0.2, 0) is 6.42 Å². The second kappa shape index (κ2) is 5.83. The van der Waals surface area contributed by atoms with E-state index >= 15 is 0 Å². The van der Waals surface area contributed by atoms with Crippen LogP contribution in [0.25, 0.3) is 0 Å². The first-order valence-electron chi connectivity index (χ1n) is 7.81. The summed E-state index contributed by atoms with van der Waals surface area (Å²) in [6.45, 7) is 8.67. The van der Waals surface area contributed by atoms with Crippen LogP contribution < -0.4 is 0 Å². The summed E-state index contributed by atoms with van der Waals surface area (Å²) >= 11 is 0. The molecule has 0 N–H and O–H groups in total. The third-order valence-electron chi connectivity index (χ3n) is 4.96. The number of benzene rings is 1. The minimum atomic E-state index is -0.636. The third kappa shape index (κ3) is 3.05. The molecule has 20 heavy (non-hydrogen) atoms. The van der Waals surface area contributed by atoms with E-state index in [0.717, 1.165) is 25.7 Å². The minimum absolute atomic E-state index is 0.189. The molecule has 0 spiro atoms. The molecule has 0 atom stereocenters. The summed E-state index contributed by atoms with van der Waals surface area (Å²) in [5.74, 6) is -0.359. The monoisotopic (exact) mass is 280 g/mol. The molecule has 0 nitrogen and oxygen atoms in total. The molecule has 0 unspecified atom stereocenters. The average molecular weight is 280 g/mol. The number of hydrogen-bond acceptors (Lipinski definition) is 0. The average Bonchev–Trinajstić information content (AvgIpc) is 2.41. The van der Waals surface area contributed by atoms with Crippen molar-refractivity contribution in [2.45, 2.75) is 65.7 Å². The zero-order valence-corrected chi connectivity index (χ0v) is 13.1. The van der Waals surface area contributed by atoms with Crippen LogP contribution in [-0.4, -0.2) is 0 Å². The van der Waals surface area contributed by atoms with Gasteiger partial charge in [-0.3, -0.25) is 0 Å². The Balaban J connectivity index is 2.13. The maximum absolute atomic E-state index is 14.2. The Morgan fingerprint density at radius 3 is 2.10 bits per heavy atom. The fourth-order valence-electron chi connectivity index (χ4n) is 3.46. The van der Waals surface area contributed by atoms with Crippen molar-refractivity contribution in [3.8, 4) is 0 Å². The summed E-state index contributed by atoms with van der Waals surface area (Å²) in [5, 5.41) is 0. The van der Waals surface area contributed by atoms with E-state index in [1.807, 2.05) is 6.92 Å². The van der Waals surface area contributed by atoms with Crippen LogP contribution in [0.15, 0.2) is 12.1 Å². The second-order valence-corrected chi connectivity index (χ2v) is 7.21. The van der Waals surface area contributed by atoms with Gasteiger partial charge >= 0.3 is 0 Å². The summed E-state index contributed by atoms with van der Waals surface area (Å²) < 4.78 is 28.1. The summed E-state index contributed by atoms with van der Waals surface area (Å²) in [5.41, 5.74) is 1.39. The van der Waals surface area contributed by atoms with Crippen molar-refractivity contribution < 1.29 is 8.78 Å². The lowest BCUT2D eigenvalue weighted by Gasteiger charge is -2.37. The van der Waals surface area contributed by atoms with Gasteiger partial charge in [-0.2, -0.15) is 0 Å². The highest BCUT2D eigenvalue weighted by Gasteiger charge is 2.31. The van der Waals surface area contributed by atoms with Gasteiger partial charge in [-0.15, -0.1) is 0 Å². The molecule has 2 heteroatoms. The molecule has 0 aromatic heterocycles. The van der Waals surface area contributed by atoms with Gasteiger partial charge in [-0.05, 0) is 60.5 Å². The highest BCUT2D eigenvalue weighted by molar-refractivity contribution is 5.29. The Morgan fingerprint density at radius 1 is 1.00 bits per heavy atom. The Kier molecular flexibility index (Phi) is 4.51. The van der Waals surface area contributed by atoms with Gasteiger partial charge in [0.2, 0.25) is 0 Å². The van der Waals surface area contributed by atoms with Crippen molar-refractivity contribution >= 4 is 0 Å². The number of aryl methyl sites for hydroxylation is 1. The molecular formula is C18H26F2. The molecule has 0 saturated heterocycles. The molecule has 1 aromatic carbocycles. The van der Waals surface area contributed by atoms with Gasteiger partial charge in [0.05, 0.1) is 0 Å². The Morgan fingerprint density at radius 2 is 1.60 bits per heavy atom. The highest BCUT2D eigenvalue weighted by Crippen LogP contribution is 2.43. The standard InChI is InChI=1S/C18H26F2/c1-5-12-8-11-15(17(20)16(12)19)13-6-9-14(10-7-13)18(2,3)4/h8,11,13-14H,5-7,9-10H2,1-4H3. The topological polar surface area (TPSA) is 0 Å². The molecule has 1 aliphatic carbocycles. The van der Waals surface area contributed by atoms with Crippen LogP contribution in [0.4, 0.5) is 8.78 Å². The molecule has 112 valence electrons. The van der Waals surface area contributed by atoms with Crippen LogP contribution in [0.1, 0.15) is 70.4 Å². The van der Waals surface area contributed by atoms with E-state index in [4.69, 9.17) is 0 Å². The van der Waals surface area contributed by atoms with E-state index in [1.54, 1.807) is 12.1 Å². The first kappa shape index (κ1) is 15.5. The fourth-order valence-corrected chi connectivity index (χ4v) is 3.46. The molecule has 1 aliphatic rings. The zero-order chi connectivity index (χ0) is 14.9. The van der Waals surface area contributed by atoms with Gasteiger partial charge in [0, 0.05) is 0 Å². The number of halogens is 2. The molecule has 0 heterocycles. The normalized spacial score (nSPS) is 23.9. The molecule has 1 fully saturated rings. The van der Waals surface area contributed by atoms with Crippen molar-refractivity contribution in [3.63, 3.8) is 0 Å². The predicted octanol–water partition coefficient (Wildman–Crippen LogP) is 5.85. The highest BCUT2D eigenvalue weighted by atomic mass is 19.2. The van der Waals surface area contributed by atoms with Crippen LogP contribution in [0.5, 0.6) is 0 Å².